The van der Waals surface area contributed by atoms with Gasteiger partial charge in [-0.2, -0.15) is 0 Å². The number of hydrogen-bond donors (Lipinski definition) is 0. The van der Waals surface area contributed by atoms with Crippen LogP contribution in [0.15, 0.2) is 18.2 Å². The van der Waals surface area contributed by atoms with Crippen LogP contribution in [0.5, 0.6) is 0 Å². The molecule has 0 N–H and O–H groups in total. The van der Waals surface area contributed by atoms with Crippen molar-refractivity contribution in [2.24, 2.45) is 0 Å². The van der Waals surface area contributed by atoms with Crippen LogP contribution < -0.4 is 4.90 Å². The zero-order valence-corrected chi connectivity index (χ0v) is 10.0. The third kappa shape index (κ3) is 1.50. The lowest BCUT2D eigenvalue weighted by Gasteiger charge is -2.26. The van der Waals surface area contributed by atoms with Crippen molar-refractivity contribution in [3.8, 4) is 0 Å². The molecule has 0 saturated heterocycles. The van der Waals surface area contributed by atoms with Crippen LogP contribution in [0, 0.1) is 10.1 Å². The van der Waals surface area contributed by atoms with Crippen molar-refractivity contribution in [1.29, 1.82) is 0 Å². The molecule has 0 bridgehead atoms. The number of hydrogen-bond acceptors (Lipinski definition) is 4. The Hall–Kier alpha value is -1.91. The fourth-order valence-corrected chi connectivity index (χ4v) is 2.52. The highest BCUT2D eigenvalue weighted by Gasteiger charge is 2.43. The van der Waals surface area contributed by atoms with Crippen molar-refractivity contribution in [1.82, 2.24) is 0 Å². The van der Waals surface area contributed by atoms with Gasteiger partial charge in [0.25, 0.3) is 5.69 Å². The molecular weight excluding hydrogens is 220 g/mol. The van der Waals surface area contributed by atoms with E-state index in [0.29, 0.717) is 0 Å². The van der Waals surface area contributed by atoms with E-state index in [-0.39, 0.29) is 11.7 Å². The maximum absolute atomic E-state index is 11.1. The van der Waals surface area contributed by atoms with Gasteiger partial charge in [-0.05, 0) is 11.6 Å². The van der Waals surface area contributed by atoms with Crippen LogP contribution in [0.3, 0.4) is 0 Å². The third-order valence-corrected chi connectivity index (χ3v) is 3.55. The van der Waals surface area contributed by atoms with Crippen molar-refractivity contribution >= 4 is 17.7 Å². The van der Waals surface area contributed by atoms with Crippen LogP contribution in [0.2, 0.25) is 0 Å². The Morgan fingerprint density at radius 2 is 2.12 bits per heavy atom. The van der Waals surface area contributed by atoms with Gasteiger partial charge in [-0.25, -0.2) is 0 Å². The van der Waals surface area contributed by atoms with E-state index in [9.17, 15) is 14.9 Å². The Bertz CT molecular complexity index is 497. The summed E-state index contributed by atoms with van der Waals surface area (Å²) in [5.74, 6) is 0. The molecule has 1 unspecified atom stereocenters. The van der Waals surface area contributed by atoms with Gasteiger partial charge in [0.05, 0.1) is 11.0 Å². The van der Waals surface area contributed by atoms with Crippen LogP contribution >= 0.6 is 0 Å². The van der Waals surface area contributed by atoms with Crippen LogP contribution in [0.4, 0.5) is 11.4 Å². The fraction of sp³-hybridized carbons (Fsp3) is 0.417. The number of fused-ring (bicyclic) bond motifs is 1. The number of nitrogens with zero attached hydrogens (tertiary/aromatic N) is 2. The van der Waals surface area contributed by atoms with Crippen molar-refractivity contribution in [2.75, 3.05) is 11.9 Å². The highest BCUT2D eigenvalue weighted by Crippen LogP contribution is 2.44. The van der Waals surface area contributed by atoms with Crippen molar-refractivity contribution in [3.63, 3.8) is 0 Å². The first-order valence-electron chi connectivity index (χ1n) is 5.36. The molecule has 0 aliphatic carbocycles. The predicted octanol–water partition coefficient (Wildman–Crippen LogP) is 1.89. The minimum atomic E-state index is -0.412. The molecule has 5 nitrogen and oxygen atoms in total. The topological polar surface area (TPSA) is 63.4 Å². The summed E-state index contributed by atoms with van der Waals surface area (Å²) in [7, 11) is 1.83. The molecule has 0 amide bonds. The molecule has 1 aromatic carbocycles. The summed E-state index contributed by atoms with van der Waals surface area (Å²) < 4.78 is 0. The summed E-state index contributed by atoms with van der Waals surface area (Å²) in [5, 5.41) is 10.8. The van der Waals surface area contributed by atoms with Gasteiger partial charge in [-0.15, -0.1) is 0 Å². The molecule has 0 radical (unpaired) electrons. The van der Waals surface area contributed by atoms with Crippen LogP contribution in [0.1, 0.15) is 19.4 Å². The highest BCUT2D eigenvalue weighted by molar-refractivity contribution is 5.78. The van der Waals surface area contributed by atoms with Gasteiger partial charge in [-0.1, -0.05) is 13.8 Å². The Morgan fingerprint density at radius 1 is 1.47 bits per heavy atom. The van der Waals surface area contributed by atoms with Crippen LogP contribution in [0.25, 0.3) is 0 Å². The number of carbonyl (C=O) groups is 1. The molecule has 1 atom stereocenters. The molecular formula is C12H14N2O3. The number of carbonyl (C=O) groups excluding carboxylic acids is 1. The van der Waals surface area contributed by atoms with Gasteiger partial charge in [0, 0.05) is 30.3 Å². The van der Waals surface area contributed by atoms with Gasteiger partial charge in [0.15, 0.2) is 0 Å². The van der Waals surface area contributed by atoms with E-state index >= 15 is 0 Å². The standard InChI is InChI=1S/C12H14N2O3/c1-12(2)9-6-8(14(16)17)4-5-10(9)13(3)11(12)7-15/h4-7,11H,1-3H3. The Morgan fingerprint density at radius 3 is 2.65 bits per heavy atom. The molecule has 0 fully saturated rings. The molecule has 0 aromatic heterocycles. The molecule has 1 aliphatic rings. The van der Waals surface area contributed by atoms with E-state index in [1.54, 1.807) is 12.1 Å². The quantitative estimate of drug-likeness (QED) is 0.445. The van der Waals surface area contributed by atoms with Crippen molar-refractivity contribution in [2.45, 2.75) is 25.3 Å². The molecule has 2 rings (SSSR count). The molecule has 0 spiro atoms. The summed E-state index contributed by atoms with van der Waals surface area (Å²) >= 11 is 0. The normalized spacial score (nSPS) is 21.1. The predicted molar refractivity (Wildman–Crippen MR) is 64.4 cm³/mol. The minimum Gasteiger partial charge on any atom is -0.364 e. The smallest absolute Gasteiger partial charge is 0.269 e. The lowest BCUT2D eigenvalue weighted by Crippen LogP contribution is -2.40. The molecule has 17 heavy (non-hydrogen) atoms. The SMILES string of the molecule is CN1c2ccc([N+](=O)[O-])cc2C(C)(C)C1C=O. The average molecular weight is 234 g/mol. The Labute approximate surface area is 99.2 Å². The number of non-ortho nitro benzene ring substituents is 1. The fourth-order valence-electron chi connectivity index (χ4n) is 2.52. The van der Waals surface area contributed by atoms with E-state index < -0.39 is 10.3 Å². The van der Waals surface area contributed by atoms with Crippen molar-refractivity contribution in [3.05, 3.63) is 33.9 Å². The van der Waals surface area contributed by atoms with E-state index in [2.05, 4.69) is 0 Å². The third-order valence-electron chi connectivity index (χ3n) is 3.55. The molecule has 0 saturated carbocycles. The van der Waals surface area contributed by atoms with Crippen LogP contribution in [-0.2, 0) is 10.2 Å². The second kappa shape index (κ2) is 3.55. The van der Waals surface area contributed by atoms with Gasteiger partial charge in [0.1, 0.15) is 6.29 Å². The van der Waals surface area contributed by atoms with E-state index in [0.717, 1.165) is 17.5 Å². The van der Waals surface area contributed by atoms with Crippen molar-refractivity contribution < 1.29 is 9.72 Å². The Balaban J connectivity index is 2.61. The zero-order chi connectivity index (χ0) is 12.8. The highest BCUT2D eigenvalue weighted by atomic mass is 16.6. The summed E-state index contributed by atoms with van der Waals surface area (Å²) in [6, 6.07) is 4.46. The molecule has 1 heterocycles. The van der Waals surface area contributed by atoms with E-state index in [1.165, 1.54) is 6.07 Å². The van der Waals surface area contributed by atoms with Crippen LogP contribution in [-0.4, -0.2) is 24.3 Å². The maximum atomic E-state index is 11.1. The molecule has 1 aromatic rings. The zero-order valence-electron chi connectivity index (χ0n) is 10.0. The second-order valence-corrected chi connectivity index (χ2v) is 4.87. The number of benzene rings is 1. The number of likely N-dealkylation sites (N-methyl/N-ethyl adjacent to an activating group) is 1. The lowest BCUT2D eigenvalue weighted by molar-refractivity contribution is -0.384. The summed E-state index contributed by atoms with van der Waals surface area (Å²) in [6.07, 6.45) is 0.895. The molecule has 1 aliphatic heterocycles. The second-order valence-electron chi connectivity index (χ2n) is 4.87. The number of rotatable bonds is 2. The largest absolute Gasteiger partial charge is 0.364 e. The van der Waals surface area contributed by atoms with E-state index in [4.69, 9.17) is 0 Å². The average Bonchev–Trinajstić information content (AvgIpc) is 2.46. The first-order chi connectivity index (χ1) is 7.89. The summed E-state index contributed by atoms with van der Waals surface area (Å²) in [6.45, 7) is 3.86. The number of nitro benzene ring substituents is 1. The monoisotopic (exact) mass is 234 g/mol. The molecule has 90 valence electrons. The number of aldehydes is 1. The van der Waals surface area contributed by atoms with Gasteiger partial charge >= 0.3 is 0 Å². The number of anilines is 1. The Kier molecular flexibility index (Phi) is 2.41. The summed E-state index contributed by atoms with van der Waals surface area (Å²) in [4.78, 5) is 23.4. The lowest BCUT2D eigenvalue weighted by atomic mass is 9.81. The first-order valence-corrected chi connectivity index (χ1v) is 5.36. The molecule has 5 heteroatoms. The first kappa shape index (κ1) is 11.6. The minimum absolute atomic E-state index is 0.0665. The van der Waals surface area contributed by atoms with E-state index in [1.807, 2.05) is 25.8 Å². The van der Waals surface area contributed by atoms with Gasteiger partial charge in [0.2, 0.25) is 0 Å². The summed E-state index contributed by atoms with van der Waals surface area (Å²) in [5.41, 5.74) is 1.40. The van der Waals surface area contributed by atoms with Gasteiger partial charge < -0.3 is 9.69 Å². The maximum Gasteiger partial charge on any atom is 0.269 e. The number of nitro groups is 1. The van der Waals surface area contributed by atoms with Gasteiger partial charge in [-0.3, -0.25) is 10.1 Å².